The van der Waals surface area contributed by atoms with Crippen LogP contribution in [0.4, 0.5) is 0 Å². The first-order chi connectivity index (χ1) is 9.63. The molecule has 1 aromatic rings. The molecule has 0 bridgehead atoms. The van der Waals surface area contributed by atoms with E-state index >= 15 is 0 Å². The zero-order valence-corrected chi connectivity index (χ0v) is 12.0. The molecule has 0 unspecified atom stereocenters. The molecule has 0 aromatic heterocycles. The van der Waals surface area contributed by atoms with Gasteiger partial charge in [0.1, 0.15) is 0 Å². The summed E-state index contributed by atoms with van der Waals surface area (Å²) in [5, 5.41) is 3.09. The molecular formula is C17H24N2O. The van der Waals surface area contributed by atoms with Gasteiger partial charge in [0, 0.05) is 18.0 Å². The Labute approximate surface area is 120 Å². The Kier molecular flexibility index (Phi) is 3.79. The minimum Gasteiger partial charge on any atom is -0.353 e. The second kappa shape index (κ2) is 5.57. The molecule has 3 N–H and O–H groups in total. The first kappa shape index (κ1) is 13.6. The van der Waals surface area contributed by atoms with Crippen molar-refractivity contribution in [1.82, 2.24) is 5.32 Å². The van der Waals surface area contributed by atoms with Crippen LogP contribution in [-0.4, -0.2) is 17.5 Å². The predicted octanol–water partition coefficient (Wildman–Crippen LogP) is 2.32. The number of benzene rings is 1. The number of hydrogen-bond acceptors (Lipinski definition) is 2. The fourth-order valence-corrected chi connectivity index (χ4v) is 2.75. The Hall–Kier alpha value is -1.35. The summed E-state index contributed by atoms with van der Waals surface area (Å²) in [6.45, 7) is 0. The van der Waals surface area contributed by atoms with E-state index in [0.29, 0.717) is 12.5 Å². The molecule has 108 valence electrons. The van der Waals surface area contributed by atoms with Crippen molar-refractivity contribution in [1.29, 1.82) is 0 Å². The molecule has 0 saturated heterocycles. The van der Waals surface area contributed by atoms with E-state index in [9.17, 15) is 4.79 Å². The minimum atomic E-state index is 0.0558. The SMILES string of the molecule is NC1(Cc2cccc(CCC(=O)NC3CCC3)c2)CC1. The molecule has 0 aliphatic heterocycles. The molecule has 3 rings (SSSR count). The summed E-state index contributed by atoms with van der Waals surface area (Å²) in [6, 6.07) is 8.99. The van der Waals surface area contributed by atoms with Crippen LogP contribution >= 0.6 is 0 Å². The fourth-order valence-electron chi connectivity index (χ4n) is 2.75. The van der Waals surface area contributed by atoms with Gasteiger partial charge in [-0.15, -0.1) is 0 Å². The van der Waals surface area contributed by atoms with Gasteiger partial charge in [-0.05, 0) is 56.1 Å². The van der Waals surface area contributed by atoms with Crippen LogP contribution < -0.4 is 11.1 Å². The van der Waals surface area contributed by atoms with Gasteiger partial charge < -0.3 is 11.1 Å². The highest BCUT2D eigenvalue weighted by atomic mass is 16.1. The third-order valence-electron chi connectivity index (χ3n) is 4.55. The van der Waals surface area contributed by atoms with Crippen LogP contribution in [0.15, 0.2) is 24.3 Å². The summed E-state index contributed by atoms with van der Waals surface area (Å²) >= 11 is 0. The van der Waals surface area contributed by atoms with Crippen LogP contribution in [0.5, 0.6) is 0 Å². The Balaban J connectivity index is 1.49. The molecule has 2 aliphatic carbocycles. The lowest BCUT2D eigenvalue weighted by Crippen LogP contribution is -2.39. The van der Waals surface area contributed by atoms with Crippen LogP contribution in [0.1, 0.15) is 49.7 Å². The molecule has 2 fully saturated rings. The maximum absolute atomic E-state index is 11.8. The Morgan fingerprint density at radius 1 is 1.30 bits per heavy atom. The van der Waals surface area contributed by atoms with Gasteiger partial charge in [0.05, 0.1) is 0 Å². The molecule has 0 spiro atoms. The minimum absolute atomic E-state index is 0.0558. The molecule has 0 heterocycles. The lowest BCUT2D eigenvalue weighted by Gasteiger charge is -2.26. The number of carbonyl (C=O) groups excluding carboxylic acids is 1. The Morgan fingerprint density at radius 2 is 2.05 bits per heavy atom. The Bertz CT molecular complexity index is 490. The number of amides is 1. The Morgan fingerprint density at radius 3 is 2.70 bits per heavy atom. The molecule has 3 heteroatoms. The summed E-state index contributed by atoms with van der Waals surface area (Å²) in [4.78, 5) is 11.8. The average Bonchev–Trinajstić information content (AvgIpc) is 3.09. The highest BCUT2D eigenvalue weighted by Crippen LogP contribution is 2.35. The van der Waals surface area contributed by atoms with E-state index < -0.39 is 0 Å². The molecule has 20 heavy (non-hydrogen) atoms. The van der Waals surface area contributed by atoms with Gasteiger partial charge in [-0.1, -0.05) is 24.3 Å². The molecular weight excluding hydrogens is 248 g/mol. The zero-order chi connectivity index (χ0) is 14.0. The van der Waals surface area contributed by atoms with Crippen molar-refractivity contribution in [3.8, 4) is 0 Å². The van der Waals surface area contributed by atoms with Crippen molar-refractivity contribution in [3.05, 3.63) is 35.4 Å². The van der Waals surface area contributed by atoms with Gasteiger partial charge in [-0.25, -0.2) is 0 Å². The van der Waals surface area contributed by atoms with Crippen molar-refractivity contribution in [2.75, 3.05) is 0 Å². The summed E-state index contributed by atoms with van der Waals surface area (Å²) in [7, 11) is 0. The summed E-state index contributed by atoms with van der Waals surface area (Å²) in [5.74, 6) is 0.192. The molecule has 1 aromatic carbocycles. The van der Waals surface area contributed by atoms with Crippen molar-refractivity contribution in [2.24, 2.45) is 5.73 Å². The predicted molar refractivity (Wildman–Crippen MR) is 80.4 cm³/mol. The number of nitrogens with one attached hydrogen (secondary N) is 1. The van der Waals surface area contributed by atoms with E-state index in [4.69, 9.17) is 5.73 Å². The molecule has 2 aliphatic rings. The van der Waals surface area contributed by atoms with E-state index in [1.54, 1.807) is 0 Å². The second-order valence-corrected chi connectivity index (χ2v) is 6.55. The monoisotopic (exact) mass is 272 g/mol. The first-order valence-electron chi connectivity index (χ1n) is 7.79. The average molecular weight is 272 g/mol. The van der Waals surface area contributed by atoms with E-state index in [2.05, 4.69) is 29.6 Å². The van der Waals surface area contributed by atoms with Gasteiger partial charge in [0.25, 0.3) is 0 Å². The van der Waals surface area contributed by atoms with Gasteiger partial charge in [0.2, 0.25) is 5.91 Å². The first-order valence-corrected chi connectivity index (χ1v) is 7.79. The van der Waals surface area contributed by atoms with Crippen molar-refractivity contribution in [2.45, 2.75) is 62.9 Å². The summed E-state index contributed by atoms with van der Waals surface area (Å²) in [5.41, 5.74) is 8.77. The van der Waals surface area contributed by atoms with Gasteiger partial charge >= 0.3 is 0 Å². The van der Waals surface area contributed by atoms with Crippen molar-refractivity contribution < 1.29 is 4.79 Å². The quantitative estimate of drug-likeness (QED) is 0.835. The maximum atomic E-state index is 11.8. The second-order valence-electron chi connectivity index (χ2n) is 6.55. The van der Waals surface area contributed by atoms with E-state index in [1.165, 1.54) is 17.5 Å². The molecule has 2 saturated carbocycles. The van der Waals surface area contributed by atoms with Crippen LogP contribution in [0.3, 0.4) is 0 Å². The molecule has 3 nitrogen and oxygen atoms in total. The normalized spacial score (nSPS) is 20.2. The zero-order valence-electron chi connectivity index (χ0n) is 12.0. The maximum Gasteiger partial charge on any atom is 0.220 e. The van der Waals surface area contributed by atoms with Crippen LogP contribution in [0, 0.1) is 0 Å². The third kappa shape index (κ3) is 3.60. The van der Waals surface area contributed by atoms with Crippen molar-refractivity contribution in [3.63, 3.8) is 0 Å². The number of hydrogen-bond donors (Lipinski definition) is 2. The largest absolute Gasteiger partial charge is 0.353 e. The third-order valence-corrected chi connectivity index (χ3v) is 4.55. The highest BCUT2D eigenvalue weighted by Gasteiger charge is 2.37. The summed E-state index contributed by atoms with van der Waals surface area (Å²) < 4.78 is 0. The molecule has 0 radical (unpaired) electrons. The lowest BCUT2D eigenvalue weighted by molar-refractivity contribution is -0.122. The van der Waals surface area contributed by atoms with Crippen LogP contribution in [0.25, 0.3) is 0 Å². The number of carbonyl (C=O) groups is 1. The van der Waals surface area contributed by atoms with Crippen molar-refractivity contribution >= 4 is 5.91 Å². The van der Waals surface area contributed by atoms with Gasteiger partial charge in [-0.3, -0.25) is 4.79 Å². The molecule has 1 amide bonds. The van der Waals surface area contributed by atoms with Gasteiger partial charge in [0.15, 0.2) is 0 Å². The number of aryl methyl sites for hydroxylation is 1. The van der Waals surface area contributed by atoms with E-state index in [-0.39, 0.29) is 11.4 Å². The lowest BCUT2D eigenvalue weighted by atomic mass is 9.93. The van der Waals surface area contributed by atoms with E-state index in [0.717, 1.165) is 38.5 Å². The van der Waals surface area contributed by atoms with Gasteiger partial charge in [-0.2, -0.15) is 0 Å². The van der Waals surface area contributed by atoms with Crippen LogP contribution in [0.2, 0.25) is 0 Å². The molecule has 0 atom stereocenters. The smallest absolute Gasteiger partial charge is 0.220 e. The number of nitrogens with two attached hydrogens (primary N) is 1. The highest BCUT2D eigenvalue weighted by molar-refractivity contribution is 5.76. The topological polar surface area (TPSA) is 55.1 Å². The standard InChI is InChI=1S/C17H24N2O/c18-17(9-10-17)12-14-4-1-3-13(11-14)7-8-16(20)19-15-5-2-6-15/h1,3-4,11,15H,2,5-10,12,18H2,(H,19,20). The van der Waals surface area contributed by atoms with Crippen LogP contribution in [-0.2, 0) is 17.6 Å². The summed E-state index contributed by atoms with van der Waals surface area (Å²) in [6.07, 6.45) is 8.22. The number of rotatable bonds is 6. The fraction of sp³-hybridized carbons (Fsp3) is 0.588. The van der Waals surface area contributed by atoms with E-state index in [1.807, 2.05) is 0 Å².